The number of ether oxygens (including phenoxy) is 1. The lowest BCUT2D eigenvalue weighted by Gasteiger charge is -2.11. The number of anilines is 3. The molecule has 0 saturated carbocycles. The zero-order chi connectivity index (χ0) is 18.5. The lowest BCUT2D eigenvalue weighted by molar-refractivity contribution is 0.104. The summed E-state index contributed by atoms with van der Waals surface area (Å²) in [5, 5.41) is 13.2. The van der Waals surface area contributed by atoms with E-state index in [1.165, 1.54) is 11.3 Å². The van der Waals surface area contributed by atoms with Gasteiger partial charge < -0.3 is 15.8 Å². The number of rotatable bonds is 6. The van der Waals surface area contributed by atoms with E-state index < -0.39 is 0 Å². The molecule has 1 aromatic heterocycles. The Bertz CT molecular complexity index is 974. The van der Waals surface area contributed by atoms with Crippen molar-refractivity contribution >= 4 is 33.5 Å². The minimum absolute atomic E-state index is 0.197. The molecular formula is C20H17N3O2S. The molecule has 130 valence electrons. The number of nitrogen functional groups attached to an aromatic ring is 1. The smallest absolute Gasteiger partial charge is 0.205 e. The van der Waals surface area contributed by atoms with Gasteiger partial charge in [-0.1, -0.05) is 42.5 Å². The second kappa shape index (κ2) is 7.72. The number of para-hydroxylation sites is 2. The zero-order valence-corrected chi connectivity index (χ0v) is 15.0. The largest absolute Gasteiger partial charge is 0.492 e. The van der Waals surface area contributed by atoms with Gasteiger partial charge in [-0.15, -0.1) is 11.3 Å². The molecule has 3 N–H and O–H groups in total. The summed E-state index contributed by atoms with van der Waals surface area (Å²) in [6.07, 6.45) is 0. The Morgan fingerprint density at radius 1 is 1.19 bits per heavy atom. The van der Waals surface area contributed by atoms with Crippen LogP contribution in [0.15, 0.2) is 54.6 Å². The van der Waals surface area contributed by atoms with E-state index in [0.717, 1.165) is 0 Å². The number of carbonyl (C=O) groups excluding carboxylic acids is 1. The van der Waals surface area contributed by atoms with E-state index in [1.807, 2.05) is 37.3 Å². The van der Waals surface area contributed by atoms with Gasteiger partial charge in [-0.3, -0.25) is 4.79 Å². The molecule has 0 fully saturated rings. The number of hydrogen-bond donors (Lipinski definition) is 2. The second-order valence-electron chi connectivity index (χ2n) is 5.41. The highest BCUT2D eigenvalue weighted by atomic mass is 32.1. The van der Waals surface area contributed by atoms with Crippen molar-refractivity contribution in [2.45, 2.75) is 6.92 Å². The Hall–Kier alpha value is -3.30. The van der Waals surface area contributed by atoms with Gasteiger partial charge in [0.15, 0.2) is 0 Å². The summed E-state index contributed by atoms with van der Waals surface area (Å²) in [5.74, 6) is 0.470. The molecule has 0 radical (unpaired) electrons. The van der Waals surface area contributed by atoms with Gasteiger partial charge in [0.05, 0.1) is 18.0 Å². The highest BCUT2D eigenvalue weighted by Crippen LogP contribution is 2.39. The Balaban J connectivity index is 2.00. The molecule has 6 heteroatoms. The topological polar surface area (TPSA) is 88.1 Å². The van der Waals surface area contributed by atoms with E-state index in [9.17, 15) is 10.1 Å². The monoisotopic (exact) mass is 363 g/mol. The van der Waals surface area contributed by atoms with Crippen LogP contribution in [0.4, 0.5) is 16.4 Å². The van der Waals surface area contributed by atoms with E-state index >= 15 is 0 Å². The predicted octanol–water partition coefficient (Wildman–Crippen LogP) is 4.58. The van der Waals surface area contributed by atoms with Crippen molar-refractivity contribution in [3.63, 3.8) is 0 Å². The summed E-state index contributed by atoms with van der Waals surface area (Å²) in [7, 11) is 0. The van der Waals surface area contributed by atoms with Gasteiger partial charge in [-0.25, -0.2) is 0 Å². The summed E-state index contributed by atoms with van der Waals surface area (Å²) in [6.45, 7) is 2.42. The van der Waals surface area contributed by atoms with Gasteiger partial charge in [0, 0.05) is 5.56 Å². The average molecular weight is 363 g/mol. The highest BCUT2D eigenvalue weighted by molar-refractivity contribution is 7.19. The van der Waals surface area contributed by atoms with Crippen molar-refractivity contribution in [2.24, 2.45) is 0 Å². The van der Waals surface area contributed by atoms with Crippen LogP contribution < -0.4 is 15.8 Å². The predicted molar refractivity (Wildman–Crippen MR) is 104 cm³/mol. The molecule has 0 amide bonds. The van der Waals surface area contributed by atoms with Gasteiger partial charge in [0.2, 0.25) is 5.78 Å². The summed E-state index contributed by atoms with van der Waals surface area (Å²) in [5.41, 5.74) is 7.81. The summed E-state index contributed by atoms with van der Waals surface area (Å²) in [4.78, 5) is 13.1. The molecule has 3 aromatic rings. The molecule has 0 unspecified atom stereocenters. The van der Waals surface area contributed by atoms with Crippen molar-refractivity contribution in [3.8, 4) is 11.8 Å². The van der Waals surface area contributed by atoms with E-state index in [2.05, 4.69) is 11.4 Å². The molecule has 5 nitrogen and oxygen atoms in total. The molecular weight excluding hydrogens is 346 g/mol. The normalized spacial score (nSPS) is 10.2. The third-order valence-electron chi connectivity index (χ3n) is 3.73. The SMILES string of the molecule is CCOc1ccccc1Nc1sc(C(=O)c2ccccc2)c(N)c1C#N. The van der Waals surface area contributed by atoms with Crippen molar-refractivity contribution in [1.29, 1.82) is 5.26 Å². The van der Waals surface area contributed by atoms with Crippen LogP contribution >= 0.6 is 11.3 Å². The third-order valence-corrected chi connectivity index (χ3v) is 4.85. The minimum atomic E-state index is -0.198. The van der Waals surface area contributed by atoms with Crippen molar-refractivity contribution in [3.05, 3.63) is 70.6 Å². The summed E-state index contributed by atoms with van der Waals surface area (Å²) in [6, 6.07) is 18.4. The lowest BCUT2D eigenvalue weighted by Crippen LogP contribution is -2.02. The Morgan fingerprint density at radius 2 is 1.88 bits per heavy atom. The molecule has 3 rings (SSSR count). The van der Waals surface area contributed by atoms with Gasteiger partial charge in [0.1, 0.15) is 27.3 Å². The van der Waals surface area contributed by atoms with Crippen molar-refractivity contribution in [2.75, 3.05) is 17.7 Å². The van der Waals surface area contributed by atoms with Crippen LogP contribution in [0.2, 0.25) is 0 Å². The number of ketones is 1. The minimum Gasteiger partial charge on any atom is -0.492 e. The number of nitrogens with two attached hydrogens (primary N) is 1. The first-order chi connectivity index (χ1) is 12.7. The fourth-order valence-electron chi connectivity index (χ4n) is 2.51. The highest BCUT2D eigenvalue weighted by Gasteiger charge is 2.22. The second-order valence-corrected chi connectivity index (χ2v) is 6.43. The third kappa shape index (κ3) is 3.39. The van der Waals surface area contributed by atoms with Crippen LogP contribution in [-0.2, 0) is 0 Å². The quantitative estimate of drug-likeness (QED) is 0.626. The first-order valence-electron chi connectivity index (χ1n) is 8.06. The van der Waals surface area contributed by atoms with Crippen LogP contribution in [0, 0.1) is 11.3 Å². The van der Waals surface area contributed by atoms with E-state index in [-0.39, 0.29) is 17.0 Å². The number of carbonyl (C=O) groups is 1. The summed E-state index contributed by atoms with van der Waals surface area (Å²) >= 11 is 1.17. The number of benzene rings is 2. The van der Waals surface area contributed by atoms with Gasteiger partial charge in [-0.05, 0) is 19.1 Å². The Labute approximate surface area is 155 Å². The number of nitrogens with zero attached hydrogens (tertiary/aromatic N) is 1. The Morgan fingerprint density at radius 3 is 2.58 bits per heavy atom. The fraction of sp³-hybridized carbons (Fsp3) is 0.100. The zero-order valence-electron chi connectivity index (χ0n) is 14.2. The van der Waals surface area contributed by atoms with E-state index in [4.69, 9.17) is 10.5 Å². The van der Waals surface area contributed by atoms with Crippen molar-refractivity contribution in [1.82, 2.24) is 0 Å². The van der Waals surface area contributed by atoms with Crippen LogP contribution in [0.1, 0.15) is 27.7 Å². The Kier molecular flexibility index (Phi) is 5.20. The number of hydrogen-bond acceptors (Lipinski definition) is 6. The maximum Gasteiger partial charge on any atom is 0.205 e. The molecule has 2 aromatic carbocycles. The van der Waals surface area contributed by atoms with E-state index in [0.29, 0.717) is 33.5 Å². The van der Waals surface area contributed by atoms with Crippen molar-refractivity contribution < 1.29 is 9.53 Å². The number of nitrogens with one attached hydrogen (secondary N) is 1. The van der Waals surface area contributed by atoms with Gasteiger partial charge >= 0.3 is 0 Å². The van der Waals surface area contributed by atoms with Gasteiger partial charge in [-0.2, -0.15) is 5.26 Å². The molecule has 0 atom stereocenters. The lowest BCUT2D eigenvalue weighted by atomic mass is 10.1. The van der Waals surface area contributed by atoms with Crippen LogP contribution in [0.3, 0.4) is 0 Å². The number of nitriles is 1. The fourth-order valence-corrected chi connectivity index (χ4v) is 3.55. The molecule has 0 spiro atoms. The first kappa shape index (κ1) is 17.5. The standard InChI is InChI=1S/C20H17N3O2S/c1-2-25-16-11-7-6-10-15(16)23-20-14(12-21)17(22)19(26-20)18(24)13-8-4-3-5-9-13/h3-11,23H,2,22H2,1H3. The van der Waals surface area contributed by atoms with Gasteiger partial charge in [0.25, 0.3) is 0 Å². The van der Waals surface area contributed by atoms with E-state index in [1.54, 1.807) is 24.3 Å². The van der Waals surface area contributed by atoms with Crippen LogP contribution in [0.25, 0.3) is 0 Å². The molecule has 0 bridgehead atoms. The average Bonchev–Trinajstić information content (AvgIpc) is 2.99. The molecule has 0 aliphatic rings. The van der Waals surface area contributed by atoms with Crippen LogP contribution in [0.5, 0.6) is 5.75 Å². The summed E-state index contributed by atoms with van der Waals surface area (Å²) < 4.78 is 5.60. The molecule has 0 saturated heterocycles. The molecule has 0 aliphatic carbocycles. The maximum atomic E-state index is 12.7. The van der Waals surface area contributed by atoms with Crippen LogP contribution in [-0.4, -0.2) is 12.4 Å². The molecule has 0 aliphatic heterocycles. The maximum absolute atomic E-state index is 12.7. The molecule has 26 heavy (non-hydrogen) atoms. The molecule has 1 heterocycles. The first-order valence-corrected chi connectivity index (χ1v) is 8.88. The number of thiophene rings is 1.